The van der Waals surface area contributed by atoms with E-state index in [1.165, 1.54) is 0 Å². The highest BCUT2D eigenvalue weighted by Crippen LogP contribution is 2.31. The maximum atomic E-state index is 11.2. The molecule has 0 bridgehead atoms. The maximum absolute atomic E-state index is 11.2. The molecular formula is C15H16N2O2. The summed E-state index contributed by atoms with van der Waals surface area (Å²) in [7, 11) is 0. The molecule has 1 aromatic heterocycles. The molecule has 3 rings (SSSR count). The number of carboxylic acid groups (broad SMARTS) is 1. The highest BCUT2D eigenvalue weighted by atomic mass is 16.4. The molecule has 1 aromatic carbocycles. The van der Waals surface area contributed by atoms with Crippen molar-refractivity contribution in [1.82, 2.24) is 4.98 Å². The number of rotatable bonds is 2. The van der Waals surface area contributed by atoms with Crippen molar-refractivity contribution in [2.75, 3.05) is 18.0 Å². The van der Waals surface area contributed by atoms with Crippen LogP contribution in [0.1, 0.15) is 6.92 Å². The fourth-order valence-electron chi connectivity index (χ4n) is 2.82. The summed E-state index contributed by atoms with van der Waals surface area (Å²) in [4.78, 5) is 17.7. The Balaban J connectivity index is 2.00. The van der Waals surface area contributed by atoms with Crippen LogP contribution in [-0.2, 0) is 4.79 Å². The molecule has 19 heavy (non-hydrogen) atoms. The molecule has 1 aliphatic heterocycles. The summed E-state index contributed by atoms with van der Waals surface area (Å²) < 4.78 is 0. The Bertz CT molecular complexity index is 621. The van der Waals surface area contributed by atoms with Crippen LogP contribution in [0.3, 0.4) is 0 Å². The molecule has 2 heterocycles. The third-order valence-electron chi connectivity index (χ3n) is 3.88. The van der Waals surface area contributed by atoms with Gasteiger partial charge in [0.2, 0.25) is 0 Å². The number of carboxylic acids is 1. The fourth-order valence-corrected chi connectivity index (χ4v) is 2.82. The predicted octanol–water partition coefficient (Wildman–Crippen LogP) is 2.39. The maximum Gasteiger partial charge on any atom is 0.308 e. The first kappa shape index (κ1) is 12.0. The van der Waals surface area contributed by atoms with E-state index in [-0.39, 0.29) is 11.8 Å². The summed E-state index contributed by atoms with van der Waals surface area (Å²) in [5.41, 5.74) is 0. The van der Waals surface area contributed by atoms with Crippen LogP contribution in [-0.4, -0.2) is 29.1 Å². The number of pyridine rings is 1. The average molecular weight is 256 g/mol. The van der Waals surface area contributed by atoms with E-state index in [0.29, 0.717) is 6.54 Å². The van der Waals surface area contributed by atoms with E-state index in [9.17, 15) is 9.90 Å². The average Bonchev–Trinajstić information content (AvgIpc) is 2.80. The van der Waals surface area contributed by atoms with Gasteiger partial charge in [0.15, 0.2) is 0 Å². The van der Waals surface area contributed by atoms with E-state index in [1.54, 1.807) is 6.20 Å². The number of fused-ring (bicyclic) bond motifs is 1. The van der Waals surface area contributed by atoms with Crippen LogP contribution in [0, 0.1) is 11.8 Å². The third kappa shape index (κ3) is 2.03. The van der Waals surface area contributed by atoms with Crippen molar-refractivity contribution in [3.8, 4) is 0 Å². The van der Waals surface area contributed by atoms with Gasteiger partial charge < -0.3 is 10.0 Å². The predicted molar refractivity (Wildman–Crippen MR) is 74.2 cm³/mol. The molecule has 98 valence electrons. The van der Waals surface area contributed by atoms with Gasteiger partial charge in [-0.05, 0) is 17.4 Å². The van der Waals surface area contributed by atoms with Crippen LogP contribution in [0.5, 0.6) is 0 Å². The van der Waals surface area contributed by atoms with Gasteiger partial charge in [-0.15, -0.1) is 0 Å². The summed E-state index contributed by atoms with van der Waals surface area (Å²) in [6.45, 7) is 3.28. The summed E-state index contributed by atoms with van der Waals surface area (Å²) in [6, 6.07) is 10.1. The first-order valence-corrected chi connectivity index (χ1v) is 6.48. The molecule has 4 nitrogen and oxygen atoms in total. The zero-order valence-electron chi connectivity index (χ0n) is 10.8. The van der Waals surface area contributed by atoms with Gasteiger partial charge in [0.05, 0.1) is 5.92 Å². The monoisotopic (exact) mass is 256 g/mol. The summed E-state index contributed by atoms with van der Waals surface area (Å²) >= 11 is 0. The van der Waals surface area contributed by atoms with Crippen molar-refractivity contribution in [3.05, 3.63) is 36.5 Å². The fraction of sp³-hybridized carbons (Fsp3) is 0.333. The van der Waals surface area contributed by atoms with E-state index < -0.39 is 5.97 Å². The highest BCUT2D eigenvalue weighted by molar-refractivity contribution is 5.92. The Morgan fingerprint density at radius 1 is 1.32 bits per heavy atom. The second-order valence-electron chi connectivity index (χ2n) is 5.18. The van der Waals surface area contributed by atoms with Crippen LogP contribution in [0.15, 0.2) is 36.5 Å². The normalized spacial score (nSPS) is 22.9. The third-order valence-corrected chi connectivity index (χ3v) is 3.88. The van der Waals surface area contributed by atoms with Crippen LogP contribution in [0.25, 0.3) is 10.8 Å². The molecule has 2 aromatic rings. The van der Waals surface area contributed by atoms with Crippen LogP contribution in [0.4, 0.5) is 5.82 Å². The van der Waals surface area contributed by atoms with Crippen molar-refractivity contribution in [3.63, 3.8) is 0 Å². The highest BCUT2D eigenvalue weighted by Gasteiger charge is 2.35. The molecular weight excluding hydrogens is 240 g/mol. The van der Waals surface area contributed by atoms with Gasteiger partial charge in [-0.2, -0.15) is 0 Å². The lowest BCUT2D eigenvalue weighted by Gasteiger charge is -2.18. The Morgan fingerprint density at radius 2 is 2.11 bits per heavy atom. The van der Waals surface area contributed by atoms with E-state index in [4.69, 9.17) is 0 Å². The molecule has 2 atom stereocenters. The SMILES string of the molecule is C[C@@H]1CN(c2nccc3ccccc23)C[C@H]1C(=O)O. The van der Waals surface area contributed by atoms with Gasteiger partial charge in [-0.1, -0.05) is 31.2 Å². The number of hydrogen-bond acceptors (Lipinski definition) is 3. The van der Waals surface area contributed by atoms with Gasteiger partial charge in [-0.3, -0.25) is 4.79 Å². The second-order valence-corrected chi connectivity index (χ2v) is 5.18. The number of anilines is 1. The van der Waals surface area contributed by atoms with E-state index in [1.807, 2.05) is 31.2 Å². The van der Waals surface area contributed by atoms with Crippen molar-refractivity contribution in [2.45, 2.75) is 6.92 Å². The van der Waals surface area contributed by atoms with Gasteiger partial charge in [0.1, 0.15) is 5.82 Å². The summed E-state index contributed by atoms with van der Waals surface area (Å²) in [5, 5.41) is 11.4. The van der Waals surface area contributed by atoms with Gasteiger partial charge in [0.25, 0.3) is 0 Å². The number of aromatic nitrogens is 1. The molecule has 0 amide bonds. The Kier molecular flexibility index (Phi) is 2.85. The van der Waals surface area contributed by atoms with E-state index in [0.717, 1.165) is 23.1 Å². The minimum Gasteiger partial charge on any atom is -0.481 e. The van der Waals surface area contributed by atoms with E-state index in [2.05, 4.69) is 16.0 Å². The van der Waals surface area contributed by atoms with Gasteiger partial charge >= 0.3 is 5.97 Å². The number of carbonyl (C=O) groups is 1. The number of hydrogen-bond donors (Lipinski definition) is 1. The van der Waals surface area contributed by atoms with Gasteiger partial charge in [0, 0.05) is 24.7 Å². The lowest BCUT2D eigenvalue weighted by atomic mass is 9.99. The smallest absolute Gasteiger partial charge is 0.308 e. The van der Waals surface area contributed by atoms with Crippen molar-refractivity contribution in [1.29, 1.82) is 0 Å². The summed E-state index contributed by atoms with van der Waals surface area (Å²) in [6.07, 6.45) is 1.79. The minimum absolute atomic E-state index is 0.151. The first-order valence-electron chi connectivity index (χ1n) is 6.48. The number of benzene rings is 1. The lowest BCUT2D eigenvalue weighted by molar-refractivity contribution is -0.142. The van der Waals surface area contributed by atoms with Crippen molar-refractivity contribution >= 4 is 22.6 Å². The van der Waals surface area contributed by atoms with E-state index >= 15 is 0 Å². The Labute approximate surface area is 111 Å². The van der Waals surface area contributed by atoms with Crippen molar-refractivity contribution in [2.24, 2.45) is 11.8 Å². The Hall–Kier alpha value is -2.10. The molecule has 1 saturated heterocycles. The standard InChI is InChI=1S/C15H16N2O2/c1-10-8-17(9-13(10)15(18)19)14-12-5-3-2-4-11(12)6-7-16-14/h2-7,10,13H,8-9H2,1H3,(H,18,19)/t10-,13-/m1/s1. The number of nitrogens with zero attached hydrogens (tertiary/aromatic N) is 2. The molecule has 0 saturated carbocycles. The molecule has 1 fully saturated rings. The zero-order valence-corrected chi connectivity index (χ0v) is 10.8. The quantitative estimate of drug-likeness (QED) is 0.896. The first-order chi connectivity index (χ1) is 9.16. The van der Waals surface area contributed by atoms with Crippen LogP contribution < -0.4 is 4.90 Å². The van der Waals surface area contributed by atoms with Crippen molar-refractivity contribution < 1.29 is 9.90 Å². The Morgan fingerprint density at radius 3 is 2.84 bits per heavy atom. The molecule has 0 unspecified atom stereocenters. The minimum atomic E-state index is -0.713. The topological polar surface area (TPSA) is 53.4 Å². The largest absolute Gasteiger partial charge is 0.481 e. The zero-order chi connectivity index (χ0) is 13.4. The van der Waals surface area contributed by atoms with Gasteiger partial charge in [-0.25, -0.2) is 4.98 Å². The number of aliphatic carboxylic acids is 1. The molecule has 0 spiro atoms. The van der Waals surface area contributed by atoms with Crippen LogP contribution in [0.2, 0.25) is 0 Å². The molecule has 4 heteroatoms. The summed E-state index contributed by atoms with van der Waals surface area (Å²) in [5.74, 6) is 0.0305. The molecule has 0 aliphatic carbocycles. The van der Waals surface area contributed by atoms with Crippen LogP contribution >= 0.6 is 0 Å². The lowest BCUT2D eigenvalue weighted by Crippen LogP contribution is -2.23. The molecule has 0 radical (unpaired) electrons. The molecule has 1 aliphatic rings. The second kappa shape index (κ2) is 4.53. The molecule has 1 N–H and O–H groups in total.